The van der Waals surface area contributed by atoms with Crippen molar-refractivity contribution < 1.29 is 0 Å². The van der Waals surface area contributed by atoms with Crippen molar-refractivity contribution in [2.24, 2.45) is 14.1 Å². The van der Waals surface area contributed by atoms with Crippen molar-refractivity contribution in [3.8, 4) is 0 Å². The second-order valence-electron chi connectivity index (χ2n) is 6.05. The van der Waals surface area contributed by atoms with Crippen molar-refractivity contribution in [1.82, 2.24) is 18.7 Å². The molecule has 0 aliphatic rings. The number of aromatic nitrogens is 4. The number of imidazole rings is 1. The Labute approximate surface area is 144 Å². The molecule has 1 N–H and O–H groups in total. The van der Waals surface area contributed by atoms with E-state index in [0.717, 1.165) is 10.1 Å². The minimum atomic E-state index is -0.396. The van der Waals surface area contributed by atoms with Gasteiger partial charge in [-0.3, -0.25) is 18.5 Å². The third-order valence-corrected chi connectivity index (χ3v) is 4.21. The second kappa shape index (κ2) is 6.43. The zero-order chi connectivity index (χ0) is 18.1. The molecule has 0 aliphatic carbocycles. The largest absolute Gasteiger partial charge is 0.352 e. The zero-order valence-electron chi connectivity index (χ0n) is 14.6. The Morgan fingerprint density at radius 2 is 1.84 bits per heavy atom. The molecule has 25 heavy (non-hydrogen) atoms. The van der Waals surface area contributed by atoms with Crippen molar-refractivity contribution in [3.05, 3.63) is 68.9 Å². The minimum Gasteiger partial charge on any atom is -0.352 e. The van der Waals surface area contributed by atoms with E-state index in [2.05, 4.69) is 16.9 Å². The van der Waals surface area contributed by atoms with Gasteiger partial charge in [0.25, 0.3) is 5.56 Å². The quantitative estimate of drug-likeness (QED) is 0.713. The van der Waals surface area contributed by atoms with Crippen LogP contribution in [0, 0.1) is 6.92 Å². The predicted octanol–water partition coefficient (Wildman–Crippen LogP) is 1.39. The van der Waals surface area contributed by atoms with E-state index < -0.39 is 5.69 Å². The molecule has 130 valence electrons. The average Bonchev–Trinajstić information content (AvgIpc) is 2.96. The first-order valence-corrected chi connectivity index (χ1v) is 8.00. The van der Waals surface area contributed by atoms with Crippen LogP contribution < -0.4 is 16.6 Å². The Bertz CT molecular complexity index is 1050. The van der Waals surface area contributed by atoms with E-state index in [1.807, 2.05) is 35.8 Å². The summed E-state index contributed by atoms with van der Waals surface area (Å²) in [6, 6.07) is 8.09. The molecule has 7 nitrogen and oxygen atoms in total. The number of hydrogen-bond acceptors (Lipinski definition) is 4. The summed E-state index contributed by atoms with van der Waals surface area (Å²) in [7, 11) is 3.09. The van der Waals surface area contributed by atoms with Gasteiger partial charge in [-0.1, -0.05) is 35.9 Å². The maximum atomic E-state index is 12.7. The molecule has 0 bridgehead atoms. The van der Waals surface area contributed by atoms with Crippen molar-refractivity contribution >= 4 is 17.1 Å². The number of aryl methyl sites for hydroxylation is 2. The van der Waals surface area contributed by atoms with Gasteiger partial charge in [0, 0.05) is 20.6 Å². The molecule has 0 aliphatic heterocycles. The van der Waals surface area contributed by atoms with Gasteiger partial charge in [0.1, 0.15) is 0 Å². The number of hydrogen-bond donors (Lipinski definition) is 1. The van der Waals surface area contributed by atoms with E-state index in [-0.39, 0.29) is 5.56 Å². The molecule has 1 aromatic carbocycles. The van der Waals surface area contributed by atoms with Gasteiger partial charge in [-0.15, -0.1) is 6.58 Å². The summed E-state index contributed by atoms with van der Waals surface area (Å²) in [5, 5.41) is 3.15. The van der Waals surface area contributed by atoms with Crippen LogP contribution in [0.3, 0.4) is 0 Å². The Kier molecular flexibility index (Phi) is 4.31. The second-order valence-corrected chi connectivity index (χ2v) is 6.05. The van der Waals surface area contributed by atoms with Gasteiger partial charge in [0.05, 0.1) is 6.54 Å². The molecule has 2 aromatic heterocycles. The molecule has 7 heteroatoms. The van der Waals surface area contributed by atoms with Crippen LogP contribution in [0.1, 0.15) is 11.1 Å². The summed E-state index contributed by atoms with van der Waals surface area (Å²) < 4.78 is 4.31. The highest BCUT2D eigenvalue weighted by atomic mass is 16.2. The Morgan fingerprint density at radius 1 is 1.16 bits per heavy atom. The fourth-order valence-electron chi connectivity index (χ4n) is 2.77. The van der Waals surface area contributed by atoms with Gasteiger partial charge < -0.3 is 5.32 Å². The van der Waals surface area contributed by atoms with Crippen LogP contribution in [0.5, 0.6) is 0 Å². The molecule has 0 fully saturated rings. The molecular weight excluding hydrogens is 318 g/mol. The SMILES string of the molecule is C=CCNc1nc2c(c(=O)n(C)c(=O)n2C)n1Cc1ccc(C)cc1. The third kappa shape index (κ3) is 2.88. The van der Waals surface area contributed by atoms with Gasteiger partial charge in [-0.25, -0.2) is 4.79 Å². The zero-order valence-corrected chi connectivity index (χ0v) is 14.6. The molecule has 0 spiro atoms. The highest BCUT2D eigenvalue weighted by Crippen LogP contribution is 2.18. The van der Waals surface area contributed by atoms with Gasteiger partial charge in [-0.2, -0.15) is 4.98 Å². The van der Waals surface area contributed by atoms with Gasteiger partial charge in [0.15, 0.2) is 11.2 Å². The lowest BCUT2D eigenvalue weighted by atomic mass is 10.1. The first-order valence-electron chi connectivity index (χ1n) is 8.00. The first kappa shape index (κ1) is 16.8. The van der Waals surface area contributed by atoms with Crippen molar-refractivity contribution in [2.75, 3.05) is 11.9 Å². The molecule has 0 atom stereocenters. The molecule has 0 radical (unpaired) electrons. The highest BCUT2D eigenvalue weighted by molar-refractivity contribution is 5.74. The number of nitrogens with one attached hydrogen (secondary N) is 1. The maximum Gasteiger partial charge on any atom is 0.332 e. The number of benzene rings is 1. The Hall–Kier alpha value is -3.09. The molecular formula is C18H21N5O2. The molecule has 0 unspecified atom stereocenters. The summed E-state index contributed by atoms with van der Waals surface area (Å²) in [5.74, 6) is 0.536. The van der Waals surface area contributed by atoms with Crippen LogP contribution >= 0.6 is 0 Å². The predicted molar refractivity (Wildman–Crippen MR) is 99.2 cm³/mol. The Morgan fingerprint density at radius 3 is 2.48 bits per heavy atom. The summed E-state index contributed by atoms with van der Waals surface area (Å²) in [5.41, 5.74) is 2.23. The molecule has 0 saturated carbocycles. The van der Waals surface area contributed by atoms with Gasteiger partial charge in [-0.05, 0) is 12.5 Å². The minimum absolute atomic E-state index is 0.357. The lowest BCUT2D eigenvalue weighted by molar-refractivity contribution is 0.702. The topological polar surface area (TPSA) is 73.8 Å². The van der Waals surface area contributed by atoms with Gasteiger partial charge in [0.2, 0.25) is 5.95 Å². The fraction of sp³-hybridized carbons (Fsp3) is 0.278. The number of anilines is 1. The van der Waals surface area contributed by atoms with Crippen LogP contribution in [-0.4, -0.2) is 25.2 Å². The smallest absolute Gasteiger partial charge is 0.332 e. The monoisotopic (exact) mass is 339 g/mol. The van der Waals surface area contributed by atoms with Crippen molar-refractivity contribution in [1.29, 1.82) is 0 Å². The maximum absolute atomic E-state index is 12.7. The number of nitrogens with zero attached hydrogens (tertiary/aromatic N) is 4. The van der Waals surface area contributed by atoms with Gasteiger partial charge >= 0.3 is 5.69 Å². The standard InChI is InChI=1S/C18H21N5O2/c1-5-10-19-17-20-15-14(16(24)22(4)18(25)21(15)3)23(17)11-13-8-6-12(2)7-9-13/h5-9H,1,10-11H2,2-4H3,(H,19,20). The van der Waals surface area contributed by atoms with Crippen LogP contribution in [0.25, 0.3) is 11.2 Å². The fourth-order valence-corrected chi connectivity index (χ4v) is 2.77. The highest BCUT2D eigenvalue weighted by Gasteiger charge is 2.19. The molecule has 0 amide bonds. The van der Waals surface area contributed by atoms with Crippen LogP contribution in [0.4, 0.5) is 5.95 Å². The van der Waals surface area contributed by atoms with Crippen LogP contribution in [0.2, 0.25) is 0 Å². The molecule has 0 saturated heterocycles. The summed E-state index contributed by atoms with van der Waals surface area (Å²) >= 11 is 0. The third-order valence-electron chi connectivity index (χ3n) is 4.21. The van der Waals surface area contributed by atoms with E-state index in [4.69, 9.17) is 0 Å². The lowest BCUT2D eigenvalue weighted by Crippen LogP contribution is -2.37. The normalized spacial score (nSPS) is 11.0. The van der Waals surface area contributed by atoms with E-state index in [1.54, 1.807) is 13.1 Å². The van der Waals surface area contributed by atoms with Crippen LogP contribution in [0.15, 0.2) is 46.5 Å². The van der Waals surface area contributed by atoms with E-state index in [1.165, 1.54) is 17.2 Å². The van der Waals surface area contributed by atoms with E-state index in [9.17, 15) is 9.59 Å². The average molecular weight is 339 g/mol. The van der Waals surface area contributed by atoms with E-state index >= 15 is 0 Å². The van der Waals surface area contributed by atoms with Crippen molar-refractivity contribution in [2.45, 2.75) is 13.5 Å². The van der Waals surface area contributed by atoms with Crippen molar-refractivity contribution in [3.63, 3.8) is 0 Å². The molecule has 3 rings (SSSR count). The number of rotatable bonds is 5. The van der Waals surface area contributed by atoms with E-state index in [0.29, 0.717) is 30.2 Å². The number of fused-ring (bicyclic) bond motifs is 1. The molecule has 3 aromatic rings. The Balaban J connectivity index is 2.26. The van der Waals surface area contributed by atoms with Crippen LogP contribution in [-0.2, 0) is 20.6 Å². The first-order chi connectivity index (χ1) is 11.9. The lowest BCUT2D eigenvalue weighted by Gasteiger charge is -2.10. The summed E-state index contributed by atoms with van der Waals surface area (Å²) in [6.45, 7) is 6.70. The summed E-state index contributed by atoms with van der Waals surface area (Å²) in [6.07, 6.45) is 1.71. The molecule has 2 heterocycles. The summed E-state index contributed by atoms with van der Waals surface area (Å²) in [4.78, 5) is 29.3.